The van der Waals surface area contributed by atoms with Gasteiger partial charge in [-0.05, 0) is 0 Å². The monoisotopic (exact) mass is 632 g/mol. The molecule has 38 heavy (non-hydrogen) atoms. The number of hydrogen-bond acceptors (Lipinski definition) is 0. The zero-order valence-corrected chi connectivity index (χ0v) is 27.9. The Labute approximate surface area is 235 Å². The third kappa shape index (κ3) is 3.25. The van der Waals surface area contributed by atoms with E-state index in [0.717, 1.165) is 0 Å². The van der Waals surface area contributed by atoms with Gasteiger partial charge in [0.15, 0.2) is 0 Å². The van der Waals surface area contributed by atoms with Crippen molar-refractivity contribution in [3.05, 3.63) is 130 Å². The van der Waals surface area contributed by atoms with Crippen LogP contribution in [0.3, 0.4) is 0 Å². The summed E-state index contributed by atoms with van der Waals surface area (Å²) >= 11 is -5.63. The molecule has 2 aliphatic carbocycles. The van der Waals surface area contributed by atoms with Gasteiger partial charge in [0.25, 0.3) is 0 Å². The fourth-order valence-electron chi connectivity index (χ4n) is 8.87. The van der Waals surface area contributed by atoms with Crippen LogP contribution in [0.1, 0.15) is 43.4 Å². The molecule has 4 bridgehead atoms. The summed E-state index contributed by atoms with van der Waals surface area (Å²) < 4.78 is 10.3. The minimum atomic E-state index is -2.86. The Hall–Kier alpha value is -2.21. The topological polar surface area (TPSA) is 0 Å². The van der Waals surface area contributed by atoms with Crippen molar-refractivity contribution in [2.75, 3.05) is 0 Å². The number of hydrogen-bond donors (Lipinski definition) is 0. The van der Waals surface area contributed by atoms with Crippen molar-refractivity contribution in [1.82, 2.24) is 0 Å². The molecule has 0 saturated heterocycles. The summed E-state index contributed by atoms with van der Waals surface area (Å²) in [6, 6.07) is 36.8. The second-order valence-corrected chi connectivity index (χ2v) is 33.4. The molecular weight excluding hydrogens is 596 g/mol. The fraction of sp³-hybridized carbons (Fsp3) is 0.222. The van der Waals surface area contributed by atoms with Gasteiger partial charge in [0.05, 0.1) is 0 Å². The van der Waals surface area contributed by atoms with Gasteiger partial charge in [-0.2, -0.15) is 0 Å². The van der Waals surface area contributed by atoms with Crippen molar-refractivity contribution in [2.45, 2.75) is 41.9 Å². The summed E-state index contributed by atoms with van der Waals surface area (Å²) in [5.74, 6) is 5.40. The van der Waals surface area contributed by atoms with E-state index in [1.807, 2.05) is 0 Å². The maximum atomic E-state index is 2.76. The van der Waals surface area contributed by atoms with Gasteiger partial charge in [-0.1, -0.05) is 0 Å². The second kappa shape index (κ2) is 8.64. The van der Waals surface area contributed by atoms with Crippen molar-refractivity contribution >= 4 is 22.1 Å². The van der Waals surface area contributed by atoms with Crippen molar-refractivity contribution in [3.63, 3.8) is 0 Å². The van der Waals surface area contributed by atoms with E-state index in [0.29, 0.717) is 7.25 Å². The van der Waals surface area contributed by atoms with Gasteiger partial charge < -0.3 is 0 Å². The number of allylic oxidation sites excluding steroid dienone is 2. The second-order valence-electron chi connectivity index (χ2n) is 12.7. The summed E-state index contributed by atoms with van der Waals surface area (Å²) in [6.45, 7) is 5.06. The fourth-order valence-corrected chi connectivity index (χ4v) is 31.6. The number of benzene rings is 4. The molecule has 0 aromatic heterocycles. The molecular formula is C36H36GeZr. The first-order valence-electron chi connectivity index (χ1n) is 14.0. The molecule has 2 unspecified atom stereocenters. The van der Waals surface area contributed by atoms with Crippen molar-refractivity contribution in [2.24, 2.45) is 0 Å². The summed E-state index contributed by atoms with van der Waals surface area (Å²) in [4.78, 5) is 0. The van der Waals surface area contributed by atoms with E-state index in [4.69, 9.17) is 0 Å². The predicted molar refractivity (Wildman–Crippen MR) is 164 cm³/mol. The molecule has 0 saturated carbocycles. The van der Waals surface area contributed by atoms with E-state index in [1.54, 1.807) is 42.2 Å². The van der Waals surface area contributed by atoms with Crippen LogP contribution in [0.2, 0.25) is 20.8 Å². The molecule has 4 aromatic carbocycles. The van der Waals surface area contributed by atoms with Crippen LogP contribution < -0.4 is 0 Å². The van der Waals surface area contributed by atoms with E-state index in [1.165, 1.54) is 22.3 Å². The van der Waals surface area contributed by atoms with Crippen molar-refractivity contribution < 1.29 is 20.3 Å². The molecule has 0 spiro atoms. The van der Waals surface area contributed by atoms with Crippen LogP contribution in [0.15, 0.2) is 108 Å². The molecule has 1 heterocycles. The molecule has 0 fully saturated rings. The minimum absolute atomic E-state index is 0.635. The molecule has 188 valence electrons. The van der Waals surface area contributed by atoms with Gasteiger partial charge >= 0.3 is 237 Å². The zero-order chi connectivity index (χ0) is 26.4. The SMILES string of the molecule is CC1=[C]2c3c(-c4ccccc4)cccc3[CH]1[Zr]([CH3])([CH3])[CH]1C(C)=[C](c3c(-c4ccccc4)cccc31)[Ge]2([CH3])[CH3]. The zero-order valence-electron chi connectivity index (χ0n) is 23.4. The molecule has 0 amide bonds. The molecule has 0 N–H and O–H groups in total. The van der Waals surface area contributed by atoms with Crippen LogP contribution in [0, 0.1) is 0 Å². The molecule has 0 radical (unpaired) electrons. The Morgan fingerprint density at radius 3 is 1.32 bits per heavy atom. The third-order valence-corrected chi connectivity index (χ3v) is 28.8. The Morgan fingerprint density at radius 1 is 0.526 bits per heavy atom. The van der Waals surface area contributed by atoms with Crippen molar-refractivity contribution in [3.8, 4) is 22.3 Å². The van der Waals surface area contributed by atoms with E-state index >= 15 is 0 Å². The normalized spacial score (nSPS) is 22.2. The standard InChI is InChI=1S/C34H30Ge.2CH3.Zr/c1-23-21-27-17-11-19-29(25-13-7-5-8-14-25)31(27)33(23)35(3,4)34-24(2)22-28-18-12-20-30(32(28)34)26-15-9-6-10-16-26;;;/h5-22H,1-4H3;2*1H3;. The summed E-state index contributed by atoms with van der Waals surface area (Å²) in [7, 11) is 0. The van der Waals surface area contributed by atoms with Crippen LogP contribution in [0.4, 0.5) is 0 Å². The van der Waals surface area contributed by atoms with E-state index < -0.39 is 33.5 Å². The summed E-state index contributed by atoms with van der Waals surface area (Å²) in [5.41, 5.74) is 15.6. The Kier molecular flexibility index (Phi) is 5.64. The Morgan fingerprint density at radius 2 is 0.921 bits per heavy atom. The average Bonchev–Trinajstić information content (AvgIpc) is 3.41. The molecule has 2 atom stereocenters. The summed E-state index contributed by atoms with van der Waals surface area (Å²) in [5, 5.41) is 0. The molecule has 1 aliphatic heterocycles. The van der Waals surface area contributed by atoms with Gasteiger partial charge in [0.2, 0.25) is 0 Å². The van der Waals surface area contributed by atoms with E-state index in [9.17, 15) is 0 Å². The molecule has 7 rings (SSSR count). The van der Waals surface area contributed by atoms with Gasteiger partial charge in [0.1, 0.15) is 0 Å². The Bertz CT molecular complexity index is 1550. The Balaban J connectivity index is 1.57. The van der Waals surface area contributed by atoms with Crippen LogP contribution in [0.5, 0.6) is 0 Å². The number of rotatable bonds is 2. The number of fused-ring (bicyclic) bond motifs is 8. The summed E-state index contributed by atoms with van der Waals surface area (Å²) in [6.07, 6.45) is 0. The molecule has 0 nitrogen and oxygen atoms in total. The first-order chi connectivity index (χ1) is 18.2. The quantitative estimate of drug-likeness (QED) is 0.193. The van der Waals surface area contributed by atoms with Gasteiger partial charge in [-0.25, -0.2) is 0 Å². The maximum absolute atomic E-state index is 2.86. The third-order valence-electron chi connectivity index (χ3n) is 9.88. The van der Waals surface area contributed by atoms with E-state index in [2.05, 4.69) is 132 Å². The van der Waals surface area contributed by atoms with Crippen LogP contribution in [-0.4, -0.2) is 13.3 Å². The van der Waals surface area contributed by atoms with Gasteiger partial charge in [-0.15, -0.1) is 0 Å². The average molecular weight is 633 g/mol. The molecule has 3 aliphatic rings. The van der Waals surface area contributed by atoms with Gasteiger partial charge in [-0.3, -0.25) is 0 Å². The van der Waals surface area contributed by atoms with Crippen LogP contribution >= 0.6 is 0 Å². The first-order valence-corrected chi connectivity index (χ1v) is 28.1. The van der Waals surface area contributed by atoms with Crippen LogP contribution in [-0.2, 0) is 20.3 Å². The first kappa shape index (κ1) is 24.8. The van der Waals surface area contributed by atoms with Crippen molar-refractivity contribution in [1.29, 1.82) is 0 Å². The molecule has 2 heteroatoms. The van der Waals surface area contributed by atoms with Crippen LogP contribution in [0.25, 0.3) is 31.1 Å². The van der Waals surface area contributed by atoms with Gasteiger partial charge in [0, 0.05) is 0 Å². The van der Waals surface area contributed by atoms with E-state index in [-0.39, 0.29) is 0 Å². The predicted octanol–water partition coefficient (Wildman–Crippen LogP) is 10.4. The molecule has 4 aromatic rings.